The number of benzene rings is 1. The predicted octanol–water partition coefficient (Wildman–Crippen LogP) is 2.30. The van der Waals surface area contributed by atoms with E-state index in [1.165, 1.54) is 0 Å². The van der Waals surface area contributed by atoms with Gasteiger partial charge in [0.1, 0.15) is 0 Å². The number of carbonyl (C=O) groups excluding carboxylic acids is 1. The Kier molecular flexibility index (Phi) is 4.66. The van der Waals surface area contributed by atoms with Crippen molar-refractivity contribution >= 4 is 17.7 Å². The van der Waals surface area contributed by atoms with Crippen LogP contribution in [0.15, 0.2) is 29.2 Å². The summed E-state index contributed by atoms with van der Waals surface area (Å²) in [5.74, 6) is 0.195. The standard InChI is InChI=1S/C14H19NO2S/c1-18-13-8-3-2-6-11(13)14(17)15-12-7-4-5-10(12)9-16/h2-3,6,8,10,12,16H,4-5,7,9H2,1H3,(H,15,17). The van der Waals surface area contributed by atoms with Crippen LogP contribution in [0, 0.1) is 5.92 Å². The van der Waals surface area contributed by atoms with Crippen LogP contribution in [0.2, 0.25) is 0 Å². The van der Waals surface area contributed by atoms with Gasteiger partial charge in [0.15, 0.2) is 0 Å². The Morgan fingerprint density at radius 1 is 1.44 bits per heavy atom. The number of nitrogens with one attached hydrogen (secondary N) is 1. The molecule has 2 rings (SSSR count). The molecule has 1 saturated carbocycles. The fourth-order valence-corrected chi connectivity index (χ4v) is 3.12. The Hall–Kier alpha value is -1.00. The number of aliphatic hydroxyl groups is 1. The Morgan fingerprint density at radius 2 is 2.22 bits per heavy atom. The number of carbonyl (C=O) groups is 1. The van der Waals surface area contributed by atoms with Crippen LogP contribution >= 0.6 is 11.8 Å². The van der Waals surface area contributed by atoms with E-state index in [1.807, 2.05) is 30.5 Å². The molecule has 1 aliphatic carbocycles. The Morgan fingerprint density at radius 3 is 2.94 bits per heavy atom. The maximum atomic E-state index is 12.2. The summed E-state index contributed by atoms with van der Waals surface area (Å²) in [6, 6.07) is 7.75. The first kappa shape index (κ1) is 13.4. The van der Waals surface area contributed by atoms with Crippen LogP contribution in [0.1, 0.15) is 29.6 Å². The minimum absolute atomic E-state index is 0.0229. The highest BCUT2D eigenvalue weighted by Gasteiger charge is 2.28. The summed E-state index contributed by atoms with van der Waals surface area (Å²) in [5.41, 5.74) is 0.730. The topological polar surface area (TPSA) is 49.3 Å². The molecule has 1 fully saturated rings. The SMILES string of the molecule is CSc1ccccc1C(=O)NC1CCCC1CO. The van der Waals surface area contributed by atoms with Gasteiger partial charge in [-0.05, 0) is 31.2 Å². The number of hydrogen-bond acceptors (Lipinski definition) is 3. The van der Waals surface area contributed by atoms with Gasteiger partial charge >= 0.3 is 0 Å². The zero-order valence-corrected chi connectivity index (χ0v) is 11.4. The first-order valence-electron chi connectivity index (χ1n) is 6.31. The number of thioether (sulfide) groups is 1. The van der Waals surface area contributed by atoms with Crippen LogP contribution in [0.25, 0.3) is 0 Å². The zero-order chi connectivity index (χ0) is 13.0. The molecule has 1 aliphatic rings. The second kappa shape index (κ2) is 6.25. The molecule has 1 aromatic rings. The van der Waals surface area contributed by atoms with Gasteiger partial charge in [0.05, 0.1) is 5.56 Å². The van der Waals surface area contributed by atoms with Crippen molar-refractivity contribution in [2.75, 3.05) is 12.9 Å². The Balaban J connectivity index is 2.07. The summed E-state index contributed by atoms with van der Waals surface area (Å²) < 4.78 is 0. The summed E-state index contributed by atoms with van der Waals surface area (Å²) in [7, 11) is 0. The second-order valence-electron chi connectivity index (χ2n) is 4.65. The molecule has 18 heavy (non-hydrogen) atoms. The third-order valence-corrected chi connectivity index (χ3v) is 4.36. The molecule has 1 amide bonds. The van der Waals surface area contributed by atoms with Crippen LogP contribution in [0.3, 0.4) is 0 Å². The zero-order valence-electron chi connectivity index (χ0n) is 10.6. The molecular weight excluding hydrogens is 246 g/mol. The molecule has 98 valence electrons. The maximum Gasteiger partial charge on any atom is 0.252 e. The lowest BCUT2D eigenvalue weighted by atomic mass is 10.0. The van der Waals surface area contributed by atoms with Gasteiger partial charge in [0, 0.05) is 23.5 Å². The quantitative estimate of drug-likeness (QED) is 0.821. The van der Waals surface area contributed by atoms with Gasteiger partial charge in [-0.25, -0.2) is 0 Å². The van der Waals surface area contributed by atoms with Crippen molar-refractivity contribution in [3.63, 3.8) is 0 Å². The number of hydrogen-bond donors (Lipinski definition) is 2. The van der Waals surface area contributed by atoms with Gasteiger partial charge in [0.2, 0.25) is 0 Å². The Labute approximate surface area is 112 Å². The normalized spacial score (nSPS) is 23.0. The van der Waals surface area contributed by atoms with E-state index in [0.29, 0.717) is 0 Å². The number of aliphatic hydroxyl groups excluding tert-OH is 1. The van der Waals surface area contributed by atoms with Crippen LogP contribution in [-0.4, -0.2) is 29.9 Å². The highest BCUT2D eigenvalue weighted by Crippen LogP contribution is 2.26. The van der Waals surface area contributed by atoms with Crippen molar-refractivity contribution in [2.45, 2.75) is 30.2 Å². The van der Waals surface area contributed by atoms with Crippen molar-refractivity contribution in [1.29, 1.82) is 0 Å². The molecule has 0 spiro atoms. The predicted molar refractivity (Wildman–Crippen MR) is 73.9 cm³/mol. The highest BCUT2D eigenvalue weighted by atomic mass is 32.2. The van der Waals surface area contributed by atoms with Gasteiger partial charge in [0.25, 0.3) is 5.91 Å². The summed E-state index contributed by atoms with van der Waals surface area (Å²) in [5, 5.41) is 12.3. The first-order chi connectivity index (χ1) is 8.76. The lowest BCUT2D eigenvalue weighted by Crippen LogP contribution is -2.38. The molecule has 0 bridgehead atoms. The van der Waals surface area contributed by atoms with E-state index >= 15 is 0 Å². The van der Waals surface area contributed by atoms with Crippen molar-refractivity contribution in [2.24, 2.45) is 5.92 Å². The third kappa shape index (κ3) is 2.87. The molecule has 0 aliphatic heterocycles. The molecule has 0 aromatic heterocycles. The van der Waals surface area contributed by atoms with Crippen LogP contribution < -0.4 is 5.32 Å². The van der Waals surface area contributed by atoms with E-state index in [4.69, 9.17) is 0 Å². The van der Waals surface area contributed by atoms with Crippen LogP contribution in [-0.2, 0) is 0 Å². The fraction of sp³-hybridized carbons (Fsp3) is 0.500. The minimum Gasteiger partial charge on any atom is -0.396 e. The number of rotatable bonds is 4. The van der Waals surface area contributed by atoms with E-state index in [-0.39, 0.29) is 24.5 Å². The maximum absolute atomic E-state index is 12.2. The van der Waals surface area contributed by atoms with E-state index < -0.39 is 0 Å². The molecule has 4 heteroatoms. The molecule has 0 saturated heterocycles. The lowest BCUT2D eigenvalue weighted by Gasteiger charge is -2.19. The fourth-order valence-electron chi connectivity index (χ4n) is 2.52. The summed E-state index contributed by atoms with van der Waals surface area (Å²) in [6.07, 6.45) is 5.03. The summed E-state index contributed by atoms with van der Waals surface area (Å²) in [4.78, 5) is 13.2. The van der Waals surface area contributed by atoms with Crippen LogP contribution in [0.5, 0.6) is 0 Å². The highest BCUT2D eigenvalue weighted by molar-refractivity contribution is 7.98. The monoisotopic (exact) mass is 265 g/mol. The van der Waals surface area contributed by atoms with Crippen molar-refractivity contribution in [3.8, 4) is 0 Å². The average molecular weight is 265 g/mol. The molecule has 1 aromatic carbocycles. The number of amides is 1. The van der Waals surface area contributed by atoms with E-state index in [9.17, 15) is 9.90 Å². The molecule has 2 atom stereocenters. The minimum atomic E-state index is -0.0229. The van der Waals surface area contributed by atoms with Crippen molar-refractivity contribution in [1.82, 2.24) is 5.32 Å². The van der Waals surface area contributed by atoms with Gasteiger partial charge in [-0.15, -0.1) is 11.8 Å². The average Bonchev–Trinajstić information content (AvgIpc) is 2.85. The summed E-state index contributed by atoms with van der Waals surface area (Å²) in [6.45, 7) is 0.162. The lowest BCUT2D eigenvalue weighted by molar-refractivity contribution is 0.0913. The molecule has 0 heterocycles. The van der Waals surface area contributed by atoms with Gasteiger partial charge < -0.3 is 10.4 Å². The van der Waals surface area contributed by atoms with E-state index in [1.54, 1.807) is 11.8 Å². The molecule has 2 N–H and O–H groups in total. The molecule has 2 unspecified atom stereocenters. The van der Waals surface area contributed by atoms with Crippen LogP contribution in [0.4, 0.5) is 0 Å². The third-order valence-electron chi connectivity index (χ3n) is 3.56. The largest absolute Gasteiger partial charge is 0.396 e. The smallest absolute Gasteiger partial charge is 0.252 e. The van der Waals surface area contributed by atoms with E-state index in [0.717, 1.165) is 29.7 Å². The van der Waals surface area contributed by atoms with E-state index in [2.05, 4.69) is 5.32 Å². The van der Waals surface area contributed by atoms with Gasteiger partial charge in [-0.1, -0.05) is 18.6 Å². The van der Waals surface area contributed by atoms with Gasteiger partial charge in [-0.3, -0.25) is 4.79 Å². The van der Waals surface area contributed by atoms with Gasteiger partial charge in [-0.2, -0.15) is 0 Å². The Bertz CT molecular complexity index is 422. The van der Waals surface area contributed by atoms with Crippen molar-refractivity contribution < 1.29 is 9.90 Å². The molecule has 0 radical (unpaired) electrons. The van der Waals surface area contributed by atoms with Crippen molar-refractivity contribution in [3.05, 3.63) is 29.8 Å². The molecular formula is C14H19NO2S. The molecule has 3 nitrogen and oxygen atoms in total. The summed E-state index contributed by atoms with van der Waals surface area (Å²) >= 11 is 1.58. The first-order valence-corrected chi connectivity index (χ1v) is 7.53. The second-order valence-corrected chi connectivity index (χ2v) is 5.50.